The minimum absolute atomic E-state index is 0.0224. The van der Waals surface area contributed by atoms with Gasteiger partial charge in [-0.05, 0) is 67.3 Å². The molecule has 2 heterocycles. The number of likely N-dealkylation sites (tertiary alicyclic amines) is 2. The van der Waals surface area contributed by atoms with Crippen molar-refractivity contribution >= 4 is 23.5 Å². The number of fused-ring (bicyclic) bond motifs is 1. The zero-order valence-corrected chi connectivity index (χ0v) is 22.7. The largest absolute Gasteiger partial charge is 0.457 e. The Morgan fingerprint density at radius 1 is 0.850 bits per heavy atom. The average Bonchev–Trinajstić information content (AvgIpc) is 3.54. The number of amides is 3. The van der Waals surface area contributed by atoms with Crippen molar-refractivity contribution in [3.8, 4) is 11.5 Å². The highest BCUT2D eigenvalue weighted by Crippen LogP contribution is 2.32. The molecule has 1 N–H and O–H groups in total. The standard InChI is InChI=1S/C32H33N3O5/c1-21(2)19-26(33-30(37)22-13-15-25(16-14-22)40-24-11-7-4-8-12-24)32(39)34-18-17-27-29(34)28(36)20-35(27)31(38)23-9-5-3-6-10-23/h3-16,21,26-27,29H,17-20H2,1-2H3,(H,33,37)/t26-,27+,29-/m0/s1. The molecule has 2 fully saturated rings. The molecule has 0 saturated carbocycles. The molecule has 2 aliphatic rings. The van der Waals surface area contributed by atoms with Crippen molar-refractivity contribution in [2.75, 3.05) is 13.1 Å². The Bertz CT molecular complexity index is 1370. The minimum Gasteiger partial charge on any atom is -0.457 e. The fourth-order valence-electron chi connectivity index (χ4n) is 5.52. The molecule has 2 saturated heterocycles. The number of benzene rings is 3. The number of Topliss-reactive ketones (excluding diaryl/α,β-unsaturated/α-hetero) is 1. The van der Waals surface area contributed by atoms with E-state index in [4.69, 9.17) is 4.74 Å². The molecule has 3 aromatic carbocycles. The predicted molar refractivity (Wildman–Crippen MR) is 150 cm³/mol. The quantitative estimate of drug-likeness (QED) is 0.460. The number of rotatable bonds is 8. The lowest BCUT2D eigenvalue weighted by Crippen LogP contribution is -2.53. The number of para-hydroxylation sites is 1. The second-order valence-corrected chi connectivity index (χ2v) is 10.7. The summed E-state index contributed by atoms with van der Waals surface area (Å²) in [4.78, 5) is 56.3. The number of ketones is 1. The molecule has 5 rings (SSSR count). The van der Waals surface area contributed by atoms with E-state index in [9.17, 15) is 19.2 Å². The SMILES string of the molecule is CC(C)C[C@H](NC(=O)c1ccc(Oc2ccccc2)cc1)C(=O)N1CC[C@@H]2[C@H]1C(=O)CN2C(=O)c1ccccc1. The molecule has 8 heteroatoms. The Hall–Kier alpha value is -4.46. The van der Waals surface area contributed by atoms with E-state index in [0.29, 0.717) is 42.0 Å². The molecule has 0 unspecified atom stereocenters. The first kappa shape index (κ1) is 27.1. The molecule has 0 aliphatic carbocycles. The summed E-state index contributed by atoms with van der Waals surface area (Å²) < 4.78 is 5.80. The summed E-state index contributed by atoms with van der Waals surface area (Å²) in [5.41, 5.74) is 0.920. The van der Waals surface area contributed by atoms with Crippen LogP contribution in [0.25, 0.3) is 0 Å². The van der Waals surface area contributed by atoms with Crippen LogP contribution in [0.5, 0.6) is 11.5 Å². The van der Waals surface area contributed by atoms with E-state index in [1.807, 2.05) is 50.2 Å². The summed E-state index contributed by atoms with van der Waals surface area (Å²) in [6, 6.07) is 23.1. The van der Waals surface area contributed by atoms with Gasteiger partial charge in [-0.15, -0.1) is 0 Å². The fourth-order valence-corrected chi connectivity index (χ4v) is 5.52. The number of carbonyl (C=O) groups is 4. The lowest BCUT2D eigenvalue weighted by Gasteiger charge is -2.29. The Morgan fingerprint density at radius 2 is 1.48 bits per heavy atom. The Kier molecular flexibility index (Phi) is 7.96. The summed E-state index contributed by atoms with van der Waals surface area (Å²) in [7, 11) is 0. The zero-order valence-electron chi connectivity index (χ0n) is 22.7. The normalized spacial score (nSPS) is 18.9. The maximum absolute atomic E-state index is 13.8. The molecule has 3 atom stereocenters. The summed E-state index contributed by atoms with van der Waals surface area (Å²) >= 11 is 0. The third kappa shape index (κ3) is 5.76. The molecule has 8 nitrogen and oxygen atoms in total. The molecule has 3 amide bonds. The summed E-state index contributed by atoms with van der Waals surface area (Å²) in [6.45, 7) is 4.30. The molecule has 40 heavy (non-hydrogen) atoms. The van der Waals surface area contributed by atoms with Gasteiger partial charge in [-0.1, -0.05) is 50.2 Å². The van der Waals surface area contributed by atoms with Crippen LogP contribution in [-0.4, -0.2) is 64.5 Å². The number of hydrogen-bond acceptors (Lipinski definition) is 5. The fraction of sp³-hybridized carbons (Fsp3) is 0.312. The van der Waals surface area contributed by atoms with Crippen molar-refractivity contribution in [3.63, 3.8) is 0 Å². The van der Waals surface area contributed by atoms with Gasteiger partial charge in [0.25, 0.3) is 11.8 Å². The lowest BCUT2D eigenvalue weighted by atomic mass is 10.0. The first-order valence-corrected chi connectivity index (χ1v) is 13.6. The molecule has 0 spiro atoms. The van der Waals surface area contributed by atoms with E-state index in [0.717, 1.165) is 0 Å². The Morgan fingerprint density at radius 3 is 2.12 bits per heavy atom. The van der Waals surface area contributed by atoms with Crippen molar-refractivity contribution in [3.05, 3.63) is 96.1 Å². The Balaban J connectivity index is 1.27. The number of carbonyl (C=O) groups excluding carboxylic acids is 4. The highest BCUT2D eigenvalue weighted by molar-refractivity contribution is 6.03. The summed E-state index contributed by atoms with van der Waals surface area (Å²) in [5, 5.41) is 2.90. The van der Waals surface area contributed by atoms with E-state index in [1.165, 1.54) is 0 Å². The maximum Gasteiger partial charge on any atom is 0.254 e. The van der Waals surface area contributed by atoms with Gasteiger partial charge in [0, 0.05) is 17.7 Å². The van der Waals surface area contributed by atoms with Gasteiger partial charge in [0.1, 0.15) is 23.6 Å². The molecule has 3 aromatic rings. The van der Waals surface area contributed by atoms with Gasteiger partial charge in [-0.2, -0.15) is 0 Å². The van der Waals surface area contributed by atoms with Crippen molar-refractivity contribution < 1.29 is 23.9 Å². The second kappa shape index (κ2) is 11.7. The molecular weight excluding hydrogens is 506 g/mol. The maximum atomic E-state index is 13.8. The van der Waals surface area contributed by atoms with Crippen molar-refractivity contribution in [2.24, 2.45) is 5.92 Å². The monoisotopic (exact) mass is 539 g/mol. The van der Waals surface area contributed by atoms with Gasteiger partial charge < -0.3 is 19.9 Å². The van der Waals surface area contributed by atoms with Crippen LogP contribution in [0.15, 0.2) is 84.9 Å². The highest BCUT2D eigenvalue weighted by Gasteiger charge is 2.52. The average molecular weight is 540 g/mol. The van der Waals surface area contributed by atoms with Crippen LogP contribution in [0.3, 0.4) is 0 Å². The number of nitrogens with zero attached hydrogens (tertiary/aromatic N) is 2. The van der Waals surface area contributed by atoms with Gasteiger partial charge in [0.2, 0.25) is 5.91 Å². The van der Waals surface area contributed by atoms with E-state index in [2.05, 4.69) is 5.32 Å². The highest BCUT2D eigenvalue weighted by atomic mass is 16.5. The molecule has 0 radical (unpaired) electrons. The molecular formula is C32H33N3O5. The van der Waals surface area contributed by atoms with Gasteiger partial charge >= 0.3 is 0 Å². The summed E-state index contributed by atoms with van der Waals surface area (Å²) in [6.07, 6.45) is 0.945. The molecule has 0 bridgehead atoms. The van der Waals surface area contributed by atoms with E-state index < -0.39 is 12.1 Å². The topological polar surface area (TPSA) is 96.0 Å². The number of ether oxygens (including phenoxy) is 1. The molecule has 0 aromatic heterocycles. The minimum atomic E-state index is -0.793. The van der Waals surface area contributed by atoms with Gasteiger partial charge in [0.15, 0.2) is 5.78 Å². The number of nitrogens with one attached hydrogen (secondary N) is 1. The van der Waals surface area contributed by atoms with Crippen LogP contribution in [0, 0.1) is 5.92 Å². The van der Waals surface area contributed by atoms with Crippen molar-refractivity contribution in [1.82, 2.24) is 15.1 Å². The third-order valence-electron chi connectivity index (χ3n) is 7.39. The van der Waals surface area contributed by atoms with E-state index >= 15 is 0 Å². The van der Waals surface area contributed by atoms with Crippen LogP contribution in [0.4, 0.5) is 0 Å². The van der Waals surface area contributed by atoms with Gasteiger partial charge in [-0.25, -0.2) is 0 Å². The first-order chi connectivity index (χ1) is 19.3. The van der Waals surface area contributed by atoms with E-state index in [1.54, 1.807) is 58.3 Å². The van der Waals surface area contributed by atoms with Crippen molar-refractivity contribution in [1.29, 1.82) is 0 Å². The van der Waals surface area contributed by atoms with Gasteiger partial charge in [-0.3, -0.25) is 19.2 Å². The van der Waals surface area contributed by atoms with Gasteiger partial charge in [0.05, 0.1) is 12.6 Å². The first-order valence-electron chi connectivity index (χ1n) is 13.6. The smallest absolute Gasteiger partial charge is 0.254 e. The predicted octanol–water partition coefficient (Wildman–Crippen LogP) is 4.32. The lowest BCUT2D eigenvalue weighted by molar-refractivity contribution is -0.138. The number of hydrogen-bond donors (Lipinski definition) is 1. The summed E-state index contributed by atoms with van der Waals surface area (Å²) in [5.74, 6) is 0.392. The van der Waals surface area contributed by atoms with Crippen LogP contribution in [-0.2, 0) is 9.59 Å². The van der Waals surface area contributed by atoms with E-state index in [-0.39, 0.29) is 42.0 Å². The second-order valence-electron chi connectivity index (χ2n) is 10.7. The van der Waals surface area contributed by atoms with Crippen LogP contribution in [0.2, 0.25) is 0 Å². The van der Waals surface area contributed by atoms with Crippen LogP contribution < -0.4 is 10.1 Å². The third-order valence-corrected chi connectivity index (χ3v) is 7.39. The molecule has 2 aliphatic heterocycles. The van der Waals surface area contributed by atoms with Crippen LogP contribution >= 0.6 is 0 Å². The Labute approximate surface area is 233 Å². The van der Waals surface area contributed by atoms with Crippen LogP contribution in [0.1, 0.15) is 47.4 Å². The molecule has 206 valence electrons. The van der Waals surface area contributed by atoms with Crippen molar-refractivity contribution in [2.45, 2.75) is 44.8 Å². The zero-order chi connectivity index (χ0) is 28.2.